The van der Waals surface area contributed by atoms with E-state index >= 15 is 0 Å². The van der Waals surface area contributed by atoms with E-state index in [2.05, 4.69) is 63.9 Å². The number of hydrogen-bond donors (Lipinski definition) is 2. The summed E-state index contributed by atoms with van der Waals surface area (Å²) in [5, 5.41) is 3.72. The molecule has 0 spiro atoms. The van der Waals surface area contributed by atoms with Gasteiger partial charge in [0.1, 0.15) is 11.6 Å². The van der Waals surface area contributed by atoms with Crippen LogP contribution in [0.25, 0.3) is 0 Å². The summed E-state index contributed by atoms with van der Waals surface area (Å²) in [7, 11) is 0. The largest absolute Gasteiger partial charge is 0.342 e. The highest BCUT2D eigenvalue weighted by Crippen LogP contribution is 2.40. The molecule has 1 amide bonds. The molecule has 41 heavy (non-hydrogen) atoms. The van der Waals surface area contributed by atoms with Crippen molar-refractivity contribution in [3.8, 4) is 0 Å². The van der Waals surface area contributed by atoms with Gasteiger partial charge in [0.05, 0.1) is 5.92 Å². The van der Waals surface area contributed by atoms with Crippen molar-refractivity contribution >= 4 is 5.91 Å². The van der Waals surface area contributed by atoms with E-state index in [1.165, 1.54) is 34.4 Å². The van der Waals surface area contributed by atoms with E-state index < -0.39 is 11.6 Å². The van der Waals surface area contributed by atoms with E-state index in [1.54, 1.807) is 0 Å². The maximum atomic E-state index is 14.9. The molecule has 2 fully saturated rings. The van der Waals surface area contributed by atoms with Crippen LogP contribution < -0.4 is 11.1 Å². The second kappa shape index (κ2) is 13.3. The third-order valence-corrected chi connectivity index (χ3v) is 9.45. The van der Waals surface area contributed by atoms with Gasteiger partial charge in [0.2, 0.25) is 5.91 Å². The lowest BCUT2D eigenvalue weighted by molar-refractivity contribution is -0.136. The van der Waals surface area contributed by atoms with Gasteiger partial charge in [0.15, 0.2) is 0 Å². The third kappa shape index (κ3) is 7.18. The molecule has 0 bridgehead atoms. The predicted octanol–water partition coefficient (Wildman–Crippen LogP) is 6.19. The van der Waals surface area contributed by atoms with Crippen molar-refractivity contribution in [2.75, 3.05) is 39.3 Å². The van der Waals surface area contributed by atoms with E-state index in [9.17, 15) is 13.6 Å². The standard InChI is InChI=1S/C34H50F2N4O/c1-7-32(38-14-8-13-37)28-18-23(3)22(2)17-27(28)24-11-15-39(16-12-24)33(41)30-21-40(34(4,5)6)20-29(30)26-10-9-25(35)19-31(26)36/h9-10,17-19,24,29-30,32,38H,7-8,11-16,20-21,37H2,1-6H3/t29-,30+,32?/m1/s1. The van der Waals surface area contributed by atoms with Gasteiger partial charge in [-0.1, -0.05) is 25.1 Å². The quantitative estimate of drug-likeness (QED) is 0.354. The predicted molar refractivity (Wildman–Crippen MR) is 163 cm³/mol. The number of piperidine rings is 1. The van der Waals surface area contributed by atoms with Crippen molar-refractivity contribution in [3.05, 3.63) is 69.8 Å². The van der Waals surface area contributed by atoms with E-state index in [-0.39, 0.29) is 29.3 Å². The Balaban J connectivity index is 1.52. The second-order valence-electron chi connectivity index (χ2n) is 13.2. The molecule has 2 saturated heterocycles. The van der Waals surface area contributed by atoms with E-state index in [0.29, 0.717) is 44.2 Å². The van der Waals surface area contributed by atoms with Gasteiger partial charge in [0.25, 0.3) is 0 Å². The van der Waals surface area contributed by atoms with Crippen molar-refractivity contribution < 1.29 is 13.6 Å². The number of carbonyl (C=O) groups is 1. The van der Waals surface area contributed by atoms with Crippen LogP contribution in [0.3, 0.4) is 0 Å². The number of halogens is 2. The van der Waals surface area contributed by atoms with E-state index in [1.807, 2.05) is 4.90 Å². The van der Waals surface area contributed by atoms with E-state index in [0.717, 1.165) is 38.3 Å². The van der Waals surface area contributed by atoms with Gasteiger partial charge in [-0.05, 0) is 113 Å². The van der Waals surface area contributed by atoms with Crippen LogP contribution in [0.5, 0.6) is 0 Å². The maximum absolute atomic E-state index is 14.9. The van der Waals surface area contributed by atoms with Gasteiger partial charge < -0.3 is 16.0 Å². The maximum Gasteiger partial charge on any atom is 0.227 e. The molecule has 4 rings (SSSR count). The lowest BCUT2D eigenvalue weighted by Crippen LogP contribution is -2.44. The summed E-state index contributed by atoms with van der Waals surface area (Å²) < 4.78 is 28.7. The van der Waals surface area contributed by atoms with Crippen LogP contribution in [0.2, 0.25) is 0 Å². The summed E-state index contributed by atoms with van der Waals surface area (Å²) in [6.45, 7) is 17.1. The summed E-state index contributed by atoms with van der Waals surface area (Å²) in [6.07, 6.45) is 3.77. The zero-order valence-electron chi connectivity index (χ0n) is 25.9. The Bertz CT molecular complexity index is 1200. The molecule has 1 unspecified atom stereocenters. The minimum Gasteiger partial charge on any atom is -0.342 e. The van der Waals surface area contributed by atoms with Gasteiger partial charge in [0, 0.05) is 49.7 Å². The zero-order chi connectivity index (χ0) is 29.9. The monoisotopic (exact) mass is 568 g/mol. The fourth-order valence-corrected chi connectivity index (χ4v) is 6.73. The molecule has 2 heterocycles. The smallest absolute Gasteiger partial charge is 0.227 e. The fourth-order valence-electron chi connectivity index (χ4n) is 6.73. The number of rotatable bonds is 9. The number of amides is 1. The number of carbonyl (C=O) groups excluding carboxylic acids is 1. The molecule has 0 radical (unpaired) electrons. The number of nitrogens with one attached hydrogen (secondary N) is 1. The molecule has 3 atom stereocenters. The Hall–Kier alpha value is -2.35. The van der Waals surface area contributed by atoms with Gasteiger partial charge in [-0.2, -0.15) is 0 Å². The minimum atomic E-state index is -0.590. The van der Waals surface area contributed by atoms with Crippen LogP contribution in [-0.2, 0) is 4.79 Å². The Morgan fingerprint density at radius 3 is 2.34 bits per heavy atom. The minimum absolute atomic E-state index is 0.0964. The summed E-state index contributed by atoms with van der Waals surface area (Å²) in [5.41, 5.74) is 11.4. The van der Waals surface area contributed by atoms with Gasteiger partial charge in [-0.15, -0.1) is 0 Å². The lowest BCUT2D eigenvalue weighted by Gasteiger charge is -2.36. The molecule has 2 aliphatic rings. The summed E-state index contributed by atoms with van der Waals surface area (Å²) in [6, 6.07) is 8.78. The van der Waals surface area contributed by atoms with Crippen molar-refractivity contribution in [1.82, 2.24) is 15.1 Å². The van der Waals surface area contributed by atoms with Crippen molar-refractivity contribution in [2.45, 2.75) is 90.6 Å². The number of benzene rings is 2. The normalized spacial score (nSPS) is 21.4. The molecule has 0 aromatic heterocycles. The Kier molecular flexibility index (Phi) is 10.2. The molecule has 2 aromatic rings. The number of aryl methyl sites for hydroxylation is 2. The Labute approximate surface area is 245 Å². The van der Waals surface area contributed by atoms with Crippen LogP contribution in [-0.4, -0.2) is 60.5 Å². The third-order valence-electron chi connectivity index (χ3n) is 9.45. The summed E-state index contributed by atoms with van der Waals surface area (Å²) in [5.74, 6) is -1.31. The number of likely N-dealkylation sites (tertiary alicyclic amines) is 2. The topological polar surface area (TPSA) is 61.6 Å². The van der Waals surface area contributed by atoms with Crippen LogP contribution in [0.1, 0.15) is 99.1 Å². The molecular formula is C34H50F2N4O. The highest BCUT2D eigenvalue weighted by atomic mass is 19.1. The van der Waals surface area contributed by atoms with Gasteiger partial charge in [-0.3, -0.25) is 9.69 Å². The first-order chi connectivity index (χ1) is 19.4. The first-order valence-corrected chi connectivity index (χ1v) is 15.5. The zero-order valence-corrected chi connectivity index (χ0v) is 25.9. The lowest BCUT2D eigenvalue weighted by atomic mass is 9.81. The van der Waals surface area contributed by atoms with Crippen LogP contribution in [0.15, 0.2) is 30.3 Å². The molecular weight excluding hydrogens is 518 g/mol. The number of nitrogens with two attached hydrogens (primary N) is 1. The Morgan fingerprint density at radius 2 is 1.73 bits per heavy atom. The fraction of sp³-hybridized carbons (Fsp3) is 0.618. The first-order valence-electron chi connectivity index (χ1n) is 15.5. The molecule has 2 aliphatic heterocycles. The molecule has 226 valence electrons. The average Bonchev–Trinajstić information content (AvgIpc) is 3.38. The van der Waals surface area contributed by atoms with Crippen LogP contribution >= 0.6 is 0 Å². The van der Waals surface area contributed by atoms with Crippen molar-refractivity contribution in [3.63, 3.8) is 0 Å². The molecule has 2 aromatic carbocycles. The summed E-state index contributed by atoms with van der Waals surface area (Å²) >= 11 is 0. The van der Waals surface area contributed by atoms with Crippen LogP contribution in [0, 0.1) is 31.4 Å². The number of hydrogen-bond acceptors (Lipinski definition) is 4. The molecule has 0 aliphatic carbocycles. The Morgan fingerprint density at radius 1 is 1.05 bits per heavy atom. The second-order valence-corrected chi connectivity index (χ2v) is 13.2. The first kappa shape index (κ1) is 31.6. The summed E-state index contributed by atoms with van der Waals surface area (Å²) in [4.78, 5) is 18.3. The number of nitrogens with zero attached hydrogens (tertiary/aromatic N) is 2. The highest BCUT2D eigenvalue weighted by molar-refractivity contribution is 5.81. The molecule has 5 nitrogen and oxygen atoms in total. The molecule has 7 heteroatoms. The van der Waals surface area contributed by atoms with E-state index in [4.69, 9.17) is 5.73 Å². The van der Waals surface area contributed by atoms with Gasteiger partial charge >= 0.3 is 0 Å². The van der Waals surface area contributed by atoms with Crippen molar-refractivity contribution in [1.29, 1.82) is 0 Å². The van der Waals surface area contributed by atoms with Crippen molar-refractivity contribution in [2.24, 2.45) is 11.7 Å². The highest BCUT2D eigenvalue weighted by Gasteiger charge is 2.44. The average molecular weight is 569 g/mol. The SMILES string of the molecule is CCC(NCCCN)c1cc(C)c(C)cc1C1CCN(C(=O)[C@H]2CN(C(C)(C)C)C[C@@H]2c2ccc(F)cc2F)CC1. The van der Waals surface area contributed by atoms with Gasteiger partial charge in [-0.25, -0.2) is 8.78 Å². The van der Waals surface area contributed by atoms with Crippen LogP contribution in [0.4, 0.5) is 8.78 Å². The molecule has 3 N–H and O–H groups in total. The molecule has 0 saturated carbocycles.